The number of halogens is 1. The molecule has 5 heterocycles. The molecule has 3 aromatic heterocycles. The first-order valence-electron chi connectivity index (χ1n) is 13.5. The zero-order valence-corrected chi connectivity index (χ0v) is 23.9. The second kappa shape index (κ2) is 12.2. The minimum Gasteiger partial charge on any atom is -0.396 e. The van der Waals surface area contributed by atoms with Crippen molar-refractivity contribution in [2.24, 2.45) is 5.92 Å². The Balaban J connectivity index is 1.34. The Hall–Kier alpha value is -2.73. The van der Waals surface area contributed by atoms with Crippen molar-refractivity contribution < 1.29 is 19.2 Å². The SMILES string of the molecule is CC(C)N1CCC(NC(=O)c2cc(C(=O)N3CCC(CO)CC3)nn2Cc2cc(-c3ccc(Cl)s3)on2)CC1. The zero-order chi connectivity index (χ0) is 27.5. The van der Waals surface area contributed by atoms with Gasteiger partial charge in [-0.15, -0.1) is 11.3 Å². The molecule has 2 aliphatic rings. The summed E-state index contributed by atoms with van der Waals surface area (Å²) in [5, 5.41) is 21.3. The molecule has 0 radical (unpaired) electrons. The standard InChI is InChI=1S/C27H35ClN6O4S/c1-17(2)32-11-7-19(8-12-32)29-26(36)22-14-21(27(37)33-9-5-18(16-35)6-10-33)30-34(22)15-20-13-23(38-31-20)24-3-4-25(28)39-24/h3-4,13-14,17-19,35H,5-12,15-16H2,1-2H3,(H,29,36). The van der Waals surface area contributed by atoms with Gasteiger partial charge in [0.15, 0.2) is 11.5 Å². The topological polar surface area (TPSA) is 117 Å². The number of carbonyl (C=O) groups is 2. The van der Waals surface area contributed by atoms with Gasteiger partial charge in [0, 0.05) is 57.0 Å². The van der Waals surface area contributed by atoms with Crippen LogP contribution in [0.4, 0.5) is 0 Å². The van der Waals surface area contributed by atoms with Crippen molar-refractivity contribution in [2.45, 2.75) is 58.2 Å². The van der Waals surface area contributed by atoms with Gasteiger partial charge in [-0.2, -0.15) is 5.10 Å². The van der Waals surface area contributed by atoms with E-state index < -0.39 is 0 Å². The van der Waals surface area contributed by atoms with Crippen molar-refractivity contribution in [1.29, 1.82) is 0 Å². The van der Waals surface area contributed by atoms with Crippen LogP contribution in [0, 0.1) is 5.92 Å². The summed E-state index contributed by atoms with van der Waals surface area (Å²) in [6, 6.07) is 7.59. The van der Waals surface area contributed by atoms with Crippen LogP contribution < -0.4 is 5.32 Å². The van der Waals surface area contributed by atoms with Gasteiger partial charge in [0.25, 0.3) is 11.8 Å². The third-order valence-corrected chi connectivity index (χ3v) is 8.92. The summed E-state index contributed by atoms with van der Waals surface area (Å²) in [6.45, 7) is 7.67. The van der Waals surface area contributed by atoms with Gasteiger partial charge in [-0.05, 0) is 57.6 Å². The fourth-order valence-electron chi connectivity index (χ4n) is 5.23. The van der Waals surface area contributed by atoms with Crippen LogP contribution in [0.3, 0.4) is 0 Å². The summed E-state index contributed by atoms with van der Waals surface area (Å²) in [5.74, 6) is 0.338. The van der Waals surface area contributed by atoms with Crippen LogP contribution in [0.1, 0.15) is 66.2 Å². The first-order chi connectivity index (χ1) is 18.8. The largest absolute Gasteiger partial charge is 0.396 e. The molecule has 5 rings (SSSR count). The van der Waals surface area contributed by atoms with Crippen molar-refractivity contribution in [3.8, 4) is 10.6 Å². The highest BCUT2D eigenvalue weighted by Gasteiger charge is 2.29. The molecule has 0 bridgehead atoms. The Morgan fingerprint density at radius 2 is 1.90 bits per heavy atom. The molecule has 0 aromatic carbocycles. The number of piperidine rings is 2. The van der Waals surface area contributed by atoms with Crippen LogP contribution in [0.15, 0.2) is 28.8 Å². The lowest BCUT2D eigenvalue weighted by atomic mass is 9.98. The van der Waals surface area contributed by atoms with E-state index in [-0.39, 0.29) is 42.6 Å². The summed E-state index contributed by atoms with van der Waals surface area (Å²) in [6.07, 6.45) is 3.25. The molecule has 2 saturated heterocycles. The minimum absolute atomic E-state index is 0.0646. The maximum Gasteiger partial charge on any atom is 0.274 e. The third-order valence-electron chi connectivity index (χ3n) is 7.67. The number of nitrogens with zero attached hydrogens (tertiary/aromatic N) is 5. The number of likely N-dealkylation sites (tertiary alicyclic amines) is 2. The van der Waals surface area contributed by atoms with Crippen LogP contribution in [-0.4, -0.2) is 86.5 Å². The zero-order valence-electron chi connectivity index (χ0n) is 22.3. The fourth-order valence-corrected chi connectivity index (χ4v) is 6.22. The van der Waals surface area contributed by atoms with Crippen molar-refractivity contribution >= 4 is 34.8 Å². The molecule has 0 atom stereocenters. The average Bonchev–Trinajstić information content (AvgIpc) is 3.69. The van der Waals surface area contributed by atoms with E-state index in [2.05, 4.69) is 34.3 Å². The number of nitrogens with one attached hydrogen (secondary N) is 1. The van der Waals surface area contributed by atoms with E-state index in [1.807, 2.05) is 6.07 Å². The number of aliphatic hydroxyl groups is 1. The highest BCUT2D eigenvalue weighted by atomic mass is 35.5. The Bertz CT molecular complexity index is 1290. The molecular weight excluding hydrogens is 540 g/mol. The minimum atomic E-state index is -0.253. The van der Waals surface area contributed by atoms with Crippen LogP contribution >= 0.6 is 22.9 Å². The Kier molecular flexibility index (Phi) is 8.70. The molecule has 0 aliphatic carbocycles. The highest BCUT2D eigenvalue weighted by molar-refractivity contribution is 7.19. The van der Waals surface area contributed by atoms with Crippen LogP contribution in [0.5, 0.6) is 0 Å². The van der Waals surface area contributed by atoms with Gasteiger partial charge >= 0.3 is 0 Å². The molecule has 10 nitrogen and oxygen atoms in total. The number of hydrogen-bond donors (Lipinski definition) is 2. The van der Waals surface area contributed by atoms with Gasteiger partial charge in [0.2, 0.25) is 0 Å². The van der Waals surface area contributed by atoms with Gasteiger partial charge in [-0.1, -0.05) is 16.8 Å². The van der Waals surface area contributed by atoms with E-state index in [4.69, 9.17) is 16.1 Å². The molecule has 210 valence electrons. The predicted molar refractivity (Wildman–Crippen MR) is 149 cm³/mol. The maximum atomic E-state index is 13.5. The normalized spacial score (nSPS) is 17.7. The molecule has 0 unspecified atom stereocenters. The number of carbonyl (C=O) groups excluding carboxylic acids is 2. The molecular formula is C27H35ClN6O4S. The Morgan fingerprint density at radius 3 is 2.54 bits per heavy atom. The monoisotopic (exact) mass is 574 g/mol. The van der Waals surface area contributed by atoms with Crippen LogP contribution in [-0.2, 0) is 6.54 Å². The molecule has 3 aromatic rings. The van der Waals surface area contributed by atoms with Crippen molar-refractivity contribution in [3.63, 3.8) is 0 Å². The summed E-state index contributed by atoms with van der Waals surface area (Å²) in [7, 11) is 0. The number of thiophene rings is 1. The molecule has 2 N–H and O–H groups in total. The van der Waals surface area contributed by atoms with Crippen LogP contribution in [0.2, 0.25) is 4.34 Å². The molecule has 12 heteroatoms. The number of hydrogen-bond acceptors (Lipinski definition) is 8. The van der Waals surface area contributed by atoms with Gasteiger partial charge in [0.05, 0.1) is 15.8 Å². The first-order valence-corrected chi connectivity index (χ1v) is 14.7. The quantitative estimate of drug-likeness (QED) is 0.421. The third kappa shape index (κ3) is 6.54. The summed E-state index contributed by atoms with van der Waals surface area (Å²) in [5.41, 5.74) is 1.13. The van der Waals surface area contributed by atoms with E-state index >= 15 is 0 Å². The molecule has 2 fully saturated rings. The second-order valence-electron chi connectivity index (χ2n) is 10.7. The molecule has 39 heavy (non-hydrogen) atoms. The van der Waals surface area contributed by atoms with E-state index in [0.717, 1.165) is 43.6 Å². The predicted octanol–water partition coefficient (Wildman–Crippen LogP) is 3.75. The summed E-state index contributed by atoms with van der Waals surface area (Å²) in [4.78, 5) is 31.8. The molecule has 0 spiro atoms. The summed E-state index contributed by atoms with van der Waals surface area (Å²) < 4.78 is 7.71. The van der Waals surface area contributed by atoms with Gasteiger partial charge in [-0.3, -0.25) is 14.3 Å². The van der Waals surface area contributed by atoms with Gasteiger partial charge in [-0.25, -0.2) is 0 Å². The Morgan fingerprint density at radius 1 is 1.15 bits per heavy atom. The van der Waals surface area contributed by atoms with Crippen LogP contribution in [0.25, 0.3) is 10.6 Å². The first kappa shape index (κ1) is 27.8. The number of amides is 2. The van der Waals surface area contributed by atoms with Crippen molar-refractivity contribution in [1.82, 2.24) is 30.1 Å². The summed E-state index contributed by atoms with van der Waals surface area (Å²) >= 11 is 7.46. The van der Waals surface area contributed by atoms with Crippen molar-refractivity contribution in [2.75, 3.05) is 32.8 Å². The second-order valence-corrected chi connectivity index (χ2v) is 12.4. The van der Waals surface area contributed by atoms with E-state index in [1.165, 1.54) is 16.0 Å². The van der Waals surface area contributed by atoms with Crippen molar-refractivity contribution in [3.05, 3.63) is 45.7 Å². The maximum absolute atomic E-state index is 13.5. The van der Waals surface area contributed by atoms with E-state index in [9.17, 15) is 14.7 Å². The van der Waals surface area contributed by atoms with E-state index in [1.54, 1.807) is 23.1 Å². The molecule has 2 amide bonds. The Labute approximate surface area is 236 Å². The fraction of sp³-hybridized carbons (Fsp3) is 0.556. The lowest BCUT2D eigenvalue weighted by molar-refractivity contribution is 0.0644. The number of rotatable bonds is 8. The average molecular weight is 575 g/mol. The van der Waals surface area contributed by atoms with Gasteiger partial charge in [0.1, 0.15) is 11.4 Å². The smallest absolute Gasteiger partial charge is 0.274 e. The lowest BCUT2D eigenvalue weighted by Gasteiger charge is -2.34. The molecule has 0 saturated carbocycles. The molecule has 2 aliphatic heterocycles. The van der Waals surface area contributed by atoms with E-state index in [0.29, 0.717) is 40.6 Å². The number of aromatic nitrogens is 3. The van der Waals surface area contributed by atoms with Gasteiger partial charge < -0.3 is 24.7 Å². The number of aliphatic hydroxyl groups excluding tert-OH is 1. The lowest BCUT2D eigenvalue weighted by Crippen LogP contribution is -2.46. The highest BCUT2D eigenvalue weighted by Crippen LogP contribution is 2.31.